The van der Waals surface area contributed by atoms with Crippen LogP contribution in [-0.4, -0.2) is 36.0 Å². The van der Waals surface area contributed by atoms with E-state index >= 15 is 0 Å². The monoisotopic (exact) mass is 455 g/mol. The van der Waals surface area contributed by atoms with Gasteiger partial charge in [-0.1, -0.05) is 37.0 Å². The van der Waals surface area contributed by atoms with Crippen LogP contribution in [0.5, 0.6) is 0 Å². The first kappa shape index (κ1) is 21.7. The van der Waals surface area contributed by atoms with E-state index in [1.165, 1.54) is 0 Å². The standard InChI is InChI=1S/C22H27Cl2NO5/c1-21-8-7-18(30-20(28)25-12-3-4-14(23)15(24)9-12)22(2,11-26)17(21)6-5-16-13(21)10-19(27)29-16/h3-4,9,13,16-18,26H,5-8,10-11H2,1-2H3,(H,25,28)/t13-,16-,17+,18-,21+,22+/m1/s1. The Morgan fingerprint density at radius 1 is 1.27 bits per heavy atom. The summed E-state index contributed by atoms with van der Waals surface area (Å²) in [4.78, 5) is 24.5. The molecule has 0 radical (unpaired) electrons. The van der Waals surface area contributed by atoms with E-state index in [9.17, 15) is 14.7 Å². The molecule has 2 aliphatic carbocycles. The summed E-state index contributed by atoms with van der Waals surface area (Å²) >= 11 is 11.9. The summed E-state index contributed by atoms with van der Waals surface area (Å²) in [5.41, 5.74) is -0.242. The molecule has 0 bridgehead atoms. The fraction of sp³-hybridized carbons (Fsp3) is 0.636. The summed E-state index contributed by atoms with van der Waals surface area (Å²) in [7, 11) is 0. The zero-order chi connectivity index (χ0) is 21.7. The lowest BCUT2D eigenvalue weighted by atomic mass is 9.46. The molecule has 0 spiro atoms. The number of aliphatic hydroxyl groups is 1. The first-order valence-corrected chi connectivity index (χ1v) is 11.2. The molecule has 1 aliphatic heterocycles. The summed E-state index contributed by atoms with van der Waals surface area (Å²) in [5.74, 6) is 0.153. The molecule has 1 heterocycles. The van der Waals surface area contributed by atoms with Crippen molar-refractivity contribution in [1.29, 1.82) is 0 Å². The van der Waals surface area contributed by atoms with Crippen LogP contribution >= 0.6 is 23.2 Å². The molecule has 0 unspecified atom stereocenters. The first-order valence-electron chi connectivity index (χ1n) is 10.4. The highest BCUT2D eigenvalue weighted by Crippen LogP contribution is 2.62. The van der Waals surface area contributed by atoms with Gasteiger partial charge in [-0.05, 0) is 55.2 Å². The highest BCUT2D eigenvalue weighted by Gasteiger charge is 2.62. The molecule has 1 amide bonds. The quantitative estimate of drug-likeness (QED) is 0.622. The highest BCUT2D eigenvalue weighted by molar-refractivity contribution is 6.42. The van der Waals surface area contributed by atoms with Crippen LogP contribution in [0.25, 0.3) is 0 Å². The van der Waals surface area contributed by atoms with E-state index in [0.29, 0.717) is 28.6 Å². The lowest BCUT2D eigenvalue weighted by Crippen LogP contribution is -2.59. The molecule has 4 rings (SSSR count). The Bertz CT molecular complexity index is 864. The van der Waals surface area contributed by atoms with Gasteiger partial charge in [0.2, 0.25) is 0 Å². The average Bonchev–Trinajstić information content (AvgIpc) is 3.09. The van der Waals surface area contributed by atoms with Gasteiger partial charge in [-0.3, -0.25) is 10.1 Å². The number of hydrogen-bond acceptors (Lipinski definition) is 5. The normalized spacial score (nSPS) is 37.7. The molecule has 6 atom stereocenters. The van der Waals surface area contributed by atoms with E-state index in [0.717, 1.165) is 19.3 Å². The van der Waals surface area contributed by atoms with Crippen LogP contribution in [0, 0.1) is 22.7 Å². The number of carbonyl (C=O) groups excluding carboxylic acids is 2. The molecular weight excluding hydrogens is 429 g/mol. The molecule has 1 aromatic carbocycles. The number of fused-ring (bicyclic) bond motifs is 3. The number of amides is 1. The van der Waals surface area contributed by atoms with Crippen LogP contribution in [0.15, 0.2) is 18.2 Å². The Hall–Kier alpha value is -1.50. The van der Waals surface area contributed by atoms with Gasteiger partial charge in [0.15, 0.2) is 0 Å². The second-order valence-corrected chi connectivity index (χ2v) is 10.1. The first-order chi connectivity index (χ1) is 14.2. The Kier molecular flexibility index (Phi) is 5.71. The van der Waals surface area contributed by atoms with Gasteiger partial charge in [-0.2, -0.15) is 0 Å². The lowest BCUT2D eigenvalue weighted by molar-refractivity contribution is -0.174. The molecule has 3 fully saturated rings. The molecule has 8 heteroatoms. The maximum Gasteiger partial charge on any atom is 0.411 e. The van der Waals surface area contributed by atoms with Crippen LogP contribution in [0.4, 0.5) is 10.5 Å². The smallest absolute Gasteiger partial charge is 0.411 e. The number of hydrogen-bond donors (Lipinski definition) is 2. The topological polar surface area (TPSA) is 84.9 Å². The van der Waals surface area contributed by atoms with Gasteiger partial charge >= 0.3 is 12.1 Å². The Morgan fingerprint density at radius 3 is 2.73 bits per heavy atom. The Balaban J connectivity index is 1.50. The maximum atomic E-state index is 12.6. The van der Waals surface area contributed by atoms with Crippen LogP contribution in [0.1, 0.15) is 46.0 Å². The minimum atomic E-state index is -0.599. The number of esters is 1. The summed E-state index contributed by atoms with van der Waals surface area (Å²) in [5, 5.41) is 13.8. The predicted molar refractivity (Wildman–Crippen MR) is 114 cm³/mol. The summed E-state index contributed by atoms with van der Waals surface area (Å²) < 4.78 is 11.4. The number of benzene rings is 1. The van der Waals surface area contributed by atoms with E-state index in [4.69, 9.17) is 32.7 Å². The summed E-state index contributed by atoms with van der Waals surface area (Å²) in [6.07, 6.45) is 2.43. The lowest BCUT2D eigenvalue weighted by Gasteiger charge is -2.59. The number of carbonyl (C=O) groups is 2. The average molecular weight is 456 g/mol. The molecule has 2 saturated carbocycles. The number of nitrogens with one attached hydrogen (secondary N) is 1. The molecule has 1 aromatic rings. The second kappa shape index (κ2) is 7.88. The SMILES string of the molecule is C[C@]1(CO)[C@H]2CC[C@H]3OC(=O)C[C@H]3[C@]2(C)CC[C@H]1OC(=O)Nc1ccc(Cl)c(Cl)c1. The van der Waals surface area contributed by atoms with Gasteiger partial charge in [-0.15, -0.1) is 0 Å². The van der Waals surface area contributed by atoms with Gasteiger partial charge in [0.1, 0.15) is 12.2 Å². The van der Waals surface area contributed by atoms with Crippen LogP contribution in [0.3, 0.4) is 0 Å². The zero-order valence-corrected chi connectivity index (χ0v) is 18.6. The van der Waals surface area contributed by atoms with Gasteiger partial charge < -0.3 is 14.6 Å². The number of halogens is 2. The van der Waals surface area contributed by atoms with E-state index in [-0.39, 0.29) is 35.9 Å². The number of anilines is 1. The third kappa shape index (κ3) is 3.57. The summed E-state index contributed by atoms with van der Waals surface area (Å²) in [6, 6.07) is 4.82. The highest BCUT2D eigenvalue weighted by atomic mass is 35.5. The third-order valence-electron chi connectivity index (χ3n) is 7.73. The molecule has 3 aliphatic rings. The fourth-order valence-corrected chi connectivity index (χ4v) is 6.44. The van der Waals surface area contributed by atoms with Crippen molar-refractivity contribution in [3.63, 3.8) is 0 Å². The number of aliphatic hydroxyl groups excluding tert-OH is 1. The van der Waals surface area contributed by atoms with Crippen molar-refractivity contribution in [3.05, 3.63) is 28.2 Å². The number of ether oxygens (including phenoxy) is 2. The Morgan fingerprint density at radius 2 is 2.03 bits per heavy atom. The van der Waals surface area contributed by atoms with Crippen molar-refractivity contribution >= 4 is 41.0 Å². The van der Waals surface area contributed by atoms with Crippen molar-refractivity contribution < 1.29 is 24.2 Å². The van der Waals surface area contributed by atoms with E-state index in [1.807, 2.05) is 6.92 Å². The van der Waals surface area contributed by atoms with Crippen molar-refractivity contribution in [2.24, 2.45) is 22.7 Å². The van der Waals surface area contributed by atoms with Crippen molar-refractivity contribution in [1.82, 2.24) is 0 Å². The van der Waals surface area contributed by atoms with Gasteiger partial charge in [0, 0.05) is 17.0 Å². The predicted octanol–water partition coefficient (Wildman–Crippen LogP) is 5.05. The molecule has 6 nitrogen and oxygen atoms in total. The number of rotatable bonds is 3. The van der Waals surface area contributed by atoms with Crippen LogP contribution in [0.2, 0.25) is 10.0 Å². The molecule has 30 heavy (non-hydrogen) atoms. The van der Waals surface area contributed by atoms with E-state index < -0.39 is 17.6 Å². The molecular formula is C22H27Cl2NO5. The van der Waals surface area contributed by atoms with Gasteiger partial charge in [0.25, 0.3) is 0 Å². The van der Waals surface area contributed by atoms with E-state index in [2.05, 4.69) is 12.2 Å². The molecule has 2 N–H and O–H groups in total. The molecule has 0 aromatic heterocycles. The molecule has 164 valence electrons. The maximum absolute atomic E-state index is 12.6. The van der Waals surface area contributed by atoms with Gasteiger partial charge in [-0.25, -0.2) is 4.79 Å². The van der Waals surface area contributed by atoms with Crippen LogP contribution < -0.4 is 5.32 Å². The van der Waals surface area contributed by atoms with Crippen molar-refractivity contribution in [2.45, 2.75) is 58.2 Å². The van der Waals surface area contributed by atoms with Crippen LogP contribution in [-0.2, 0) is 14.3 Å². The largest absolute Gasteiger partial charge is 0.462 e. The third-order valence-corrected chi connectivity index (χ3v) is 8.47. The second-order valence-electron chi connectivity index (χ2n) is 9.33. The minimum absolute atomic E-state index is 0.0305. The van der Waals surface area contributed by atoms with Crippen molar-refractivity contribution in [2.75, 3.05) is 11.9 Å². The Labute approximate surface area is 186 Å². The van der Waals surface area contributed by atoms with Gasteiger partial charge in [0.05, 0.1) is 23.1 Å². The van der Waals surface area contributed by atoms with Crippen molar-refractivity contribution in [3.8, 4) is 0 Å². The van der Waals surface area contributed by atoms with E-state index in [1.54, 1.807) is 18.2 Å². The minimum Gasteiger partial charge on any atom is -0.462 e. The zero-order valence-electron chi connectivity index (χ0n) is 17.1. The fourth-order valence-electron chi connectivity index (χ4n) is 6.14. The molecule has 1 saturated heterocycles. The summed E-state index contributed by atoms with van der Waals surface area (Å²) in [6.45, 7) is 4.10.